The summed E-state index contributed by atoms with van der Waals surface area (Å²) in [6, 6.07) is 12.3. The van der Waals surface area contributed by atoms with E-state index in [1.807, 2.05) is 48.6 Å². The molecular formula is C24H26O. The topological polar surface area (TPSA) is 9.23 Å². The van der Waals surface area contributed by atoms with Crippen molar-refractivity contribution in [2.24, 2.45) is 0 Å². The molecule has 0 atom stereocenters. The summed E-state index contributed by atoms with van der Waals surface area (Å²) in [5.74, 6) is 1.75. The molecule has 25 heavy (non-hydrogen) atoms. The monoisotopic (exact) mass is 330 g/mol. The Balaban J connectivity index is 2.48. The minimum atomic E-state index is 0.766. The van der Waals surface area contributed by atoms with Crippen LogP contribution in [0.25, 0.3) is 0 Å². The molecule has 0 heterocycles. The van der Waals surface area contributed by atoms with Crippen LogP contribution in [0.4, 0.5) is 0 Å². The summed E-state index contributed by atoms with van der Waals surface area (Å²) in [5.41, 5.74) is 4.77. The summed E-state index contributed by atoms with van der Waals surface area (Å²) in [7, 11) is 0. The van der Waals surface area contributed by atoms with Gasteiger partial charge in [0.25, 0.3) is 0 Å². The van der Waals surface area contributed by atoms with Gasteiger partial charge in [0.2, 0.25) is 0 Å². The second-order valence-electron chi connectivity index (χ2n) is 5.86. The molecule has 128 valence electrons. The Kier molecular flexibility index (Phi) is 7.03. The second-order valence-corrected chi connectivity index (χ2v) is 5.86. The molecule has 0 bridgehead atoms. The zero-order valence-electron chi connectivity index (χ0n) is 14.8. The molecule has 0 spiro atoms. The molecule has 0 amide bonds. The van der Waals surface area contributed by atoms with Crippen molar-refractivity contribution < 1.29 is 4.74 Å². The first-order chi connectivity index (χ1) is 12.2. The van der Waals surface area contributed by atoms with Crippen LogP contribution in [0.2, 0.25) is 0 Å². The van der Waals surface area contributed by atoms with Crippen molar-refractivity contribution in [3.05, 3.63) is 109 Å². The molecule has 0 aliphatic rings. The van der Waals surface area contributed by atoms with E-state index in [1.54, 1.807) is 0 Å². The van der Waals surface area contributed by atoms with Crippen LogP contribution in [0, 0.1) is 0 Å². The highest BCUT2D eigenvalue weighted by Gasteiger charge is 2.12. The van der Waals surface area contributed by atoms with E-state index in [0.717, 1.165) is 48.3 Å². The molecule has 2 aromatic rings. The van der Waals surface area contributed by atoms with Crippen molar-refractivity contribution in [2.75, 3.05) is 0 Å². The fourth-order valence-electron chi connectivity index (χ4n) is 2.98. The summed E-state index contributed by atoms with van der Waals surface area (Å²) in [4.78, 5) is 0. The third-order valence-electron chi connectivity index (χ3n) is 4.11. The standard InChI is InChI=1S/C24H26O/c1-5-11-19-15-9-17-23(21(19)13-7-3)25-24-18-10-16-20(12-6-2)22(24)14-8-4/h5-10,15-18H,1-4,11-14H2. The van der Waals surface area contributed by atoms with Gasteiger partial charge in [0.1, 0.15) is 11.5 Å². The summed E-state index contributed by atoms with van der Waals surface area (Å²) >= 11 is 0. The van der Waals surface area contributed by atoms with Crippen molar-refractivity contribution in [3.63, 3.8) is 0 Å². The molecule has 0 saturated heterocycles. The van der Waals surface area contributed by atoms with Gasteiger partial charge in [-0.05, 0) is 48.9 Å². The molecular weight excluding hydrogens is 304 g/mol. The highest BCUT2D eigenvalue weighted by Crippen LogP contribution is 2.33. The third kappa shape index (κ3) is 4.60. The van der Waals surface area contributed by atoms with E-state index in [9.17, 15) is 0 Å². The highest BCUT2D eigenvalue weighted by atomic mass is 16.5. The third-order valence-corrected chi connectivity index (χ3v) is 4.11. The van der Waals surface area contributed by atoms with Gasteiger partial charge in [-0.3, -0.25) is 0 Å². The maximum Gasteiger partial charge on any atom is 0.131 e. The average Bonchev–Trinajstić information content (AvgIpc) is 2.61. The Morgan fingerprint density at radius 2 is 1.00 bits per heavy atom. The Morgan fingerprint density at radius 3 is 1.36 bits per heavy atom. The fourth-order valence-corrected chi connectivity index (χ4v) is 2.98. The van der Waals surface area contributed by atoms with E-state index in [1.165, 1.54) is 11.1 Å². The number of hydrogen-bond acceptors (Lipinski definition) is 1. The fraction of sp³-hybridized carbons (Fsp3) is 0.167. The Morgan fingerprint density at radius 1 is 0.600 bits per heavy atom. The maximum absolute atomic E-state index is 6.36. The first-order valence-corrected chi connectivity index (χ1v) is 8.58. The molecule has 2 rings (SSSR count). The van der Waals surface area contributed by atoms with Crippen molar-refractivity contribution in [3.8, 4) is 11.5 Å². The zero-order valence-corrected chi connectivity index (χ0v) is 14.8. The predicted molar refractivity (Wildman–Crippen MR) is 109 cm³/mol. The first-order valence-electron chi connectivity index (χ1n) is 8.58. The predicted octanol–water partition coefficient (Wildman–Crippen LogP) is 6.39. The van der Waals surface area contributed by atoms with Crippen molar-refractivity contribution in [2.45, 2.75) is 25.7 Å². The van der Waals surface area contributed by atoms with Gasteiger partial charge in [-0.25, -0.2) is 0 Å². The molecule has 0 aliphatic carbocycles. The molecule has 0 aromatic heterocycles. The van der Waals surface area contributed by atoms with Gasteiger partial charge in [0.15, 0.2) is 0 Å². The summed E-state index contributed by atoms with van der Waals surface area (Å²) in [6.45, 7) is 15.5. The second kappa shape index (κ2) is 9.48. The molecule has 0 N–H and O–H groups in total. The maximum atomic E-state index is 6.36. The number of rotatable bonds is 10. The van der Waals surface area contributed by atoms with Crippen molar-refractivity contribution in [1.82, 2.24) is 0 Å². The van der Waals surface area contributed by atoms with Crippen LogP contribution in [-0.2, 0) is 25.7 Å². The molecule has 1 heteroatoms. The molecule has 0 fully saturated rings. The molecule has 2 aromatic carbocycles. The Hall–Kier alpha value is -2.80. The van der Waals surface area contributed by atoms with E-state index < -0.39 is 0 Å². The number of allylic oxidation sites excluding steroid dienone is 4. The van der Waals surface area contributed by atoms with Crippen LogP contribution < -0.4 is 4.74 Å². The minimum absolute atomic E-state index is 0.766. The van der Waals surface area contributed by atoms with Crippen LogP contribution in [-0.4, -0.2) is 0 Å². The zero-order chi connectivity index (χ0) is 18.1. The van der Waals surface area contributed by atoms with E-state index in [0.29, 0.717) is 0 Å². The van der Waals surface area contributed by atoms with Crippen LogP contribution >= 0.6 is 0 Å². The van der Waals surface area contributed by atoms with Crippen LogP contribution in [0.3, 0.4) is 0 Å². The van der Waals surface area contributed by atoms with Crippen LogP contribution in [0.5, 0.6) is 11.5 Å². The lowest BCUT2D eigenvalue weighted by atomic mass is 9.99. The van der Waals surface area contributed by atoms with Gasteiger partial charge in [-0.1, -0.05) is 48.6 Å². The largest absolute Gasteiger partial charge is 0.457 e. The molecule has 0 saturated carbocycles. The lowest BCUT2D eigenvalue weighted by molar-refractivity contribution is 0.471. The quantitative estimate of drug-likeness (QED) is 0.458. The Bertz CT molecular complexity index is 702. The van der Waals surface area contributed by atoms with Gasteiger partial charge in [-0.2, -0.15) is 0 Å². The summed E-state index contributed by atoms with van der Waals surface area (Å²) in [5, 5.41) is 0. The average molecular weight is 330 g/mol. The SMILES string of the molecule is C=CCc1cccc(Oc2cccc(CC=C)c2CC=C)c1CC=C. The molecule has 0 aliphatic heterocycles. The minimum Gasteiger partial charge on any atom is -0.457 e. The van der Waals surface area contributed by atoms with Gasteiger partial charge < -0.3 is 4.74 Å². The summed E-state index contributed by atoms with van der Waals surface area (Å²) < 4.78 is 6.36. The van der Waals surface area contributed by atoms with Gasteiger partial charge in [0.05, 0.1) is 0 Å². The Labute approximate surface area is 151 Å². The number of benzene rings is 2. The van der Waals surface area contributed by atoms with Gasteiger partial charge in [-0.15, -0.1) is 26.3 Å². The normalized spacial score (nSPS) is 10.1. The molecule has 1 nitrogen and oxygen atoms in total. The lowest BCUT2D eigenvalue weighted by Crippen LogP contribution is -2.00. The highest BCUT2D eigenvalue weighted by molar-refractivity contribution is 5.48. The van der Waals surface area contributed by atoms with E-state index in [2.05, 4.69) is 38.4 Å². The smallest absolute Gasteiger partial charge is 0.131 e. The van der Waals surface area contributed by atoms with Crippen LogP contribution in [0.1, 0.15) is 22.3 Å². The van der Waals surface area contributed by atoms with Gasteiger partial charge >= 0.3 is 0 Å². The molecule has 0 radical (unpaired) electrons. The van der Waals surface area contributed by atoms with E-state index in [-0.39, 0.29) is 0 Å². The number of hydrogen-bond donors (Lipinski definition) is 0. The van der Waals surface area contributed by atoms with Crippen molar-refractivity contribution >= 4 is 0 Å². The van der Waals surface area contributed by atoms with Crippen molar-refractivity contribution in [1.29, 1.82) is 0 Å². The van der Waals surface area contributed by atoms with E-state index in [4.69, 9.17) is 4.74 Å². The first kappa shape index (κ1) is 18.5. The van der Waals surface area contributed by atoms with Gasteiger partial charge in [0, 0.05) is 11.1 Å². The number of ether oxygens (including phenoxy) is 1. The lowest BCUT2D eigenvalue weighted by Gasteiger charge is -2.17. The summed E-state index contributed by atoms with van der Waals surface area (Å²) in [6.07, 6.45) is 10.8. The molecule has 0 unspecified atom stereocenters. The van der Waals surface area contributed by atoms with E-state index >= 15 is 0 Å². The van der Waals surface area contributed by atoms with Crippen LogP contribution in [0.15, 0.2) is 87.0 Å².